The van der Waals surface area contributed by atoms with Gasteiger partial charge in [0.15, 0.2) is 0 Å². The summed E-state index contributed by atoms with van der Waals surface area (Å²) in [5, 5.41) is 2.85. The minimum Gasteiger partial charge on any atom is -0.456 e. The molecule has 190 valence electrons. The Labute approximate surface area is 245 Å². The molecular weight excluding hydrogens is 576 g/mol. The molecule has 0 unspecified atom stereocenters. The van der Waals surface area contributed by atoms with Crippen molar-refractivity contribution >= 4 is 49.5 Å². The zero-order chi connectivity index (χ0) is 26.8. The molecule has 1 aromatic heterocycles. The molecule has 40 heavy (non-hydrogen) atoms. The molecule has 0 radical (unpaired) electrons. The molecule has 0 bridgehead atoms. The van der Waals surface area contributed by atoms with Crippen molar-refractivity contribution in [2.75, 3.05) is 0 Å². The van der Waals surface area contributed by atoms with Gasteiger partial charge in [0.1, 0.15) is 11.2 Å². The highest BCUT2D eigenvalue weighted by atomic mass is 79.9. The summed E-state index contributed by atoms with van der Waals surface area (Å²) in [6, 6.07) is 47.7. The van der Waals surface area contributed by atoms with E-state index >= 15 is 0 Å². The van der Waals surface area contributed by atoms with Gasteiger partial charge in [0, 0.05) is 26.3 Å². The maximum atomic E-state index is 6.23. The van der Waals surface area contributed by atoms with Gasteiger partial charge in [-0.2, -0.15) is 0 Å². The number of furan rings is 1. The summed E-state index contributed by atoms with van der Waals surface area (Å²) >= 11 is 10.0. The molecule has 0 fully saturated rings. The van der Waals surface area contributed by atoms with E-state index in [0.717, 1.165) is 32.0 Å². The molecule has 0 saturated carbocycles. The monoisotopic (exact) mass is 596 g/mol. The van der Waals surface area contributed by atoms with Crippen LogP contribution in [0.15, 0.2) is 142 Å². The van der Waals surface area contributed by atoms with Crippen LogP contribution in [0.2, 0.25) is 5.02 Å². The van der Waals surface area contributed by atoms with E-state index in [9.17, 15) is 0 Å². The molecule has 1 heterocycles. The van der Waals surface area contributed by atoms with Crippen LogP contribution in [-0.4, -0.2) is 0 Å². The number of hydrogen-bond acceptors (Lipinski definition) is 1. The average Bonchev–Trinajstić information content (AvgIpc) is 3.49. The van der Waals surface area contributed by atoms with Crippen LogP contribution in [0.4, 0.5) is 0 Å². The lowest BCUT2D eigenvalue weighted by molar-refractivity contribution is 0.669. The first-order valence-corrected chi connectivity index (χ1v) is 14.5. The van der Waals surface area contributed by atoms with Crippen LogP contribution >= 0.6 is 27.5 Å². The Bertz CT molecular complexity index is 2040. The number of benzene rings is 6. The Morgan fingerprint density at radius 2 is 1.23 bits per heavy atom. The summed E-state index contributed by atoms with van der Waals surface area (Å²) in [4.78, 5) is 0. The lowest BCUT2D eigenvalue weighted by atomic mass is 9.67. The average molecular weight is 598 g/mol. The predicted molar refractivity (Wildman–Crippen MR) is 169 cm³/mol. The van der Waals surface area contributed by atoms with E-state index in [-0.39, 0.29) is 0 Å². The molecule has 1 nitrogen and oxygen atoms in total. The largest absolute Gasteiger partial charge is 0.456 e. The Kier molecular flexibility index (Phi) is 5.32. The van der Waals surface area contributed by atoms with Crippen molar-refractivity contribution in [2.45, 2.75) is 5.41 Å². The van der Waals surface area contributed by atoms with Gasteiger partial charge in [-0.1, -0.05) is 112 Å². The molecule has 0 N–H and O–H groups in total. The first kappa shape index (κ1) is 23.7. The zero-order valence-electron chi connectivity index (χ0n) is 21.4. The number of hydrogen-bond donors (Lipinski definition) is 0. The molecule has 0 amide bonds. The maximum absolute atomic E-state index is 6.23. The number of fused-ring (bicyclic) bond motifs is 6. The third-order valence-electron chi connectivity index (χ3n) is 8.28. The summed E-state index contributed by atoms with van der Waals surface area (Å²) in [6.45, 7) is 0. The van der Waals surface area contributed by atoms with Crippen LogP contribution in [0, 0.1) is 0 Å². The lowest BCUT2D eigenvalue weighted by Gasteiger charge is -2.34. The van der Waals surface area contributed by atoms with Gasteiger partial charge in [0.25, 0.3) is 0 Å². The van der Waals surface area contributed by atoms with Crippen molar-refractivity contribution in [1.82, 2.24) is 0 Å². The van der Waals surface area contributed by atoms with Crippen LogP contribution in [0.25, 0.3) is 44.2 Å². The molecule has 0 aliphatic heterocycles. The summed E-state index contributed by atoms with van der Waals surface area (Å²) in [6.07, 6.45) is 0. The third-order valence-corrected chi connectivity index (χ3v) is 9.01. The normalized spacial score (nSPS) is 13.4. The van der Waals surface area contributed by atoms with Gasteiger partial charge in [-0.15, -0.1) is 0 Å². The second-order valence-electron chi connectivity index (χ2n) is 10.4. The SMILES string of the molecule is Clc1ccc2c(c1)oc1ccc(-c3ccc4c(c3)-c3ccc(Br)cc3C4(c3ccccc3)c3ccccc3)cc12. The van der Waals surface area contributed by atoms with Gasteiger partial charge >= 0.3 is 0 Å². The fraction of sp³-hybridized carbons (Fsp3) is 0.0270. The summed E-state index contributed by atoms with van der Waals surface area (Å²) < 4.78 is 7.17. The van der Waals surface area contributed by atoms with Gasteiger partial charge in [0.05, 0.1) is 5.41 Å². The molecule has 1 aliphatic rings. The second-order valence-corrected chi connectivity index (χ2v) is 11.7. The van der Waals surface area contributed by atoms with Crippen molar-refractivity contribution in [2.24, 2.45) is 0 Å². The Morgan fingerprint density at radius 3 is 1.98 bits per heavy atom. The molecule has 8 rings (SSSR count). The van der Waals surface area contributed by atoms with E-state index in [0.29, 0.717) is 5.02 Å². The van der Waals surface area contributed by atoms with E-state index in [1.807, 2.05) is 18.2 Å². The highest BCUT2D eigenvalue weighted by Crippen LogP contribution is 2.57. The fourth-order valence-electron chi connectivity index (χ4n) is 6.58. The van der Waals surface area contributed by atoms with Crippen LogP contribution in [-0.2, 0) is 5.41 Å². The van der Waals surface area contributed by atoms with E-state index in [1.54, 1.807) is 0 Å². The molecule has 0 spiro atoms. The molecular formula is C37H22BrClO. The molecule has 0 saturated heterocycles. The third kappa shape index (κ3) is 3.40. The van der Waals surface area contributed by atoms with Gasteiger partial charge in [-0.3, -0.25) is 0 Å². The molecule has 6 aromatic carbocycles. The fourth-order valence-corrected chi connectivity index (χ4v) is 7.10. The summed E-state index contributed by atoms with van der Waals surface area (Å²) in [5.41, 5.74) is 11.2. The zero-order valence-corrected chi connectivity index (χ0v) is 23.7. The minimum absolute atomic E-state index is 0.417. The van der Waals surface area contributed by atoms with Crippen LogP contribution in [0.5, 0.6) is 0 Å². The Morgan fingerprint density at radius 1 is 0.525 bits per heavy atom. The lowest BCUT2D eigenvalue weighted by Crippen LogP contribution is -2.28. The molecule has 7 aromatic rings. The number of rotatable bonds is 3. The quantitative estimate of drug-likeness (QED) is 0.197. The first-order valence-electron chi connectivity index (χ1n) is 13.3. The first-order chi connectivity index (χ1) is 19.6. The number of halogens is 2. The van der Waals surface area contributed by atoms with Gasteiger partial charge in [-0.25, -0.2) is 0 Å². The van der Waals surface area contributed by atoms with Crippen molar-refractivity contribution in [3.05, 3.63) is 165 Å². The summed E-state index contributed by atoms with van der Waals surface area (Å²) in [5.74, 6) is 0. The van der Waals surface area contributed by atoms with E-state index in [2.05, 4.69) is 131 Å². The minimum atomic E-state index is -0.417. The smallest absolute Gasteiger partial charge is 0.136 e. The van der Waals surface area contributed by atoms with Crippen molar-refractivity contribution in [3.8, 4) is 22.3 Å². The highest BCUT2D eigenvalue weighted by Gasteiger charge is 2.46. The van der Waals surface area contributed by atoms with Crippen LogP contribution < -0.4 is 0 Å². The highest BCUT2D eigenvalue weighted by molar-refractivity contribution is 9.10. The Balaban J connectivity index is 1.39. The summed E-state index contributed by atoms with van der Waals surface area (Å²) in [7, 11) is 0. The topological polar surface area (TPSA) is 13.1 Å². The van der Waals surface area contributed by atoms with Crippen molar-refractivity contribution in [1.29, 1.82) is 0 Å². The maximum Gasteiger partial charge on any atom is 0.136 e. The molecule has 3 heteroatoms. The standard InChI is InChI=1S/C37H22BrClO/c38-27-13-15-29-31-19-23(24-12-18-35-32(20-24)30-16-14-28(39)22-36(30)40-35)11-17-33(31)37(34(29)21-27,25-7-3-1-4-8-25)26-9-5-2-6-10-26/h1-22H. The second kappa shape index (κ2) is 8.96. The van der Waals surface area contributed by atoms with Crippen LogP contribution in [0.3, 0.4) is 0 Å². The van der Waals surface area contributed by atoms with Crippen molar-refractivity contribution < 1.29 is 4.42 Å². The molecule has 1 aliphatic carbocycles. The van der Waals surface area contributed by atoms with Crippen LogP contribution in [0.1, 0.15) is 22.3 Å². The predicted octanol–water partition coefficient (Wildman–Crippen LogP) is 11.0. The van der Waals surface area contributed by atoms with Gasteiger partial charge < -0.3 is 4.42 Å². The molecule has 0 atom stereocenters. The van der Waals surface area contributed by atoms with Crippen molar-refractivity contribution in [3.63, 3.8) is 0 Å². The van der Waals surface area contributed by atoms with E-state index in [4.69, 9.17) is 16.0 Å². The van der Waals surface area contributed by atoms with E-state index in [1.165, 1.54) is 38.9 Å². The van der Waals surface area contributed by atoms with Gasteiger partial charge in [0.2, 0.25) is 0 Å². The van der Waals surface area contributed by atoms with E-state index < -0.39 is 5.41 Å². The Hall–Kier alpha value is -4.11. The van der Waals surface area contributed by atoms with Gasteiger partial charge in [-0.05, 0) is 87.0 Å².